The second-order valence-corrected chi connectivity index (χ2v) is 6.42. The zero-order valence-electron chi connectivity index (χ0n) is 13.2. The van der Waals surface area contributed by atoms with Gasteiger partial charge in [-0.2, -0.15) is 5.10 Å². The topological polar surface area (TPSA) is 71.3 Å². The first-order valence-electron chi connectivity index (χ1n) is 7.77. The van der Waals surface area contributed by atoms with Crippen molar-refractivity contribution in [2.75, 3.05) is 10.6 Å². The van der Waals surface area contributed by atoms with Crippen LogP contribution in [0.1, 0.15) is 11.4 Å². The second-order valence-electron chi connectivity index (χ2n) is 5.47. The van der Waals surface area contributed by atoms with E-state index in [2.05, 4.69) is 20.7 Å². The third-order valence-corrected chi connectivity index (χ3v) is 4.38. The third kappa shape index (κ3) is 3.67. The molecule has 25 heavy (non-hydrogen) atoms. The minimum Gasteiger partial charge on any atom is -0.306 e. The summed E-state index contributed by atoms with van der Waals surface area (Å²) in [6.45, 7) is 0. The normalized spacial score (nSPS) is 10.7. The number of urea groups is 1. The number of carbonyl (C=O) groups is 1. The molecule has 3 heterocycles. The van der Waals surface area contributed by atoms with Gasteiger partial charge in [0.05, 0.1) is 16.9 Å². The van der Waals surface area contributed by atoms with Gasteiger partial charge in [0.25, 0.3) is 0 Å². The van der Waals surface area contributed by atoms with Gasteiger partial charge >= 0.3 is 6.03 Å². The summed E-state index contributed by atoms with van der Waals surface area (Å²) in [5.41, 5.74) is 2.56. The van der Waals surface area contributed by atoms with Crippen molar-refractivity contribution in [3.63, 3.8) is 0 Å². The predicted octanol–water partition coefficient (Wildman–Crippen LogP) is 4.03. The van der Waals surface area contributed by atoms with Crippen molar-refractivity contribution < 1.29 is 4.79 Å². The number of anilines is 2. The fourth-order valence-electron chi connectivity index (χ4n) is 2.48. The molecule has 3 aromatic heterocycles. The lowest BCUT2D eigenvalue weighted by Crippen LogP contribution is -2.18. The van der Waals surface area contributed by atoms with Crippen LogP contribution in [0.25, 0.3) is 5.65 Å². The van der Waals surface area contributed by atoms with Crippen LogP contribution in [-0.2, 0) is 6.42 Å². The van der Waals surface area contributed by atoms with Gasteiger partial charge in [-0.1, -0.05) is 30.3 Å². The SMILES string of the molecule is O=C(Nc1ccc2nc(Cc3ccccc3)nn2c1)Nc1cccs1. The van der Waals surface area contributed by atoms with Gasteiger partial charge in [0.1, 0.15) is 0 Å². The molecule has 6 nitrogen and oxygen atoms in total. The predicted molar refractivity (Wildman–Crippen MR) is 99.2 cm³/mol. The van der Waals surface area contributed by atoms with Crippen LogP contribution in [0, 0.1) is 0 Å². The van der Waals surface area contributed by atoms with E-state index in [1.165, 1.54) is 11.3 Å². The molecule has 7 heteroatoms. The fourth-order valence-corrected chi connectivity index (χ4v) is 3.09. The van der Waals surface area contributed by atoms with Gasteiger partial charge in [0.15, 0.2) is 11.5 Å². The van der Waals surface area contributed by atoms with Gasteiger partial charge in [0, 0.05) is 6.42 Å². The Kier molecular flexibility index (Phi) is 4.14. The molecule has 0 radical (unpaired) electrons. The number of pyridine rings is 1. The summed E-state index contributed by atoms with van der Waals surface area (Å²) in [5, 5.41) is 12.8. The number of carbonyl (C=O) groups excluding carboxylic acids is 1. The van der Waals surface area contributed by atoms with Gasteiger partial charge < -0.3 is 5.32 Å². The van der Waals surface area contributed by atoms with Crippen LogP contribution in [0.5, 0.6) is 0 Å². The summed E-state index contributed by atoms with van der Waals surface area (Å²) < 4.78 is 1.68. The number of fused-ring (bicyclic) bond motifs is 1. The molecule has 0 aliphatic heterocycles. The maximum Gasteiger partial charge on any atom is 0.324 e. The van der Waals surface area contributed by atoms with Crippen LogP contribution in [0.2, 0.25) is 0 Å². The lowest BCUT2D eigenvalue weighted by Gasteiger charge is -2.05. The van der Waals surface area contributed by atoms with E-state index >= 15 is 0 Å². The Morgan fingerprint density at radius 2 is 1.92 bits per heavy atom. The number of nitrogens with one attached hydrogen (secondary N) is 2. The van der Waals surface area contributed by atoms with Gasteiger partial charge in [0.2, 0.25) is 0 Å². The molecule has 0 fully saturated rings. The molecule has 4 rings (SSSR count). The Morgan fingerprint density at radius 1 is 1.04 bits per heavy atom. The maximum atomic E-state index is 12.0. The molecular formula is C18H15N5OS. The highest BCUT2D eigenvalue weighted by Gasteiger charge is 2.07. The Morgan fingerprint density at radius 3 is 2.72 bits per heavy atom. The number of nitrogens with zero attached hydrogens (tertiary/aromatic N) is 3. The average Bonchev–Trinajstić information content (AvgIpc) is 3.24. The number of aromatic nitrogens is 3. The molecule has 0 atom stereocenters. The van der Waals surface area contributed by atoms with E-state index < -0.39 is 0 Å². The Bertz CT molecular complexity index is 995. The number of hydrogen-bond donors (Lipinski definition) is 2. The number of hydrogen-bond acceptors (Lipinski definition) is 4. The highest BCUT2D eigenvalue weighted by atomic mass is 32.1. The van der Waals surface area contributed by atoms with Crippen molar-refractivity contribution in [2.24, 2.45) is 0 Å². The standard InChI is InChI=1S/C18H15N5OS/c24-18(21-17-7-4-10-25-17)19-14-8-9-16-20-15(22-23(16)12-14)11-13-5-2-1-3-6-13/h1-10,12H,11H2,(H2,19,21,24). The molecule has 0 aliphatic carbocycles. The van der Waals surface area contributed by atoms with E-state index in [1.54, 1.807) is 10.7 Å². The van der Waals surface area contributed by atoms with E-state index in [1.807, 2.05) is 60.0 Å². The molecule has 0 bridgehead atoms. The van der Waals surface area contributed by atoms with Crippen LogP contribution in [0.15, 0.2) is 66.2 Å². The summed E-state index contributed by atoms with van der Waals surface area (Å²) in [4.78, 5) is 16.5. The monoisotopic (exact) mass is 349 g/mol. The van der Waals surface area contributed by atoms with Crippen LogP contribution in [0.4, 0.5) is 15.5 Å². The van der Waals surface area contributed by atoms with E-state index in [9.17, 15) is 4.79 Å². The van der Waals surface area contributed by atoms with Crippen molar-refractivity contribution >= 4 is 33.7 Å². The summed E-state index contributed by atoms with van der Waals surface area (Å²) >= 11 is 1.47. The quantitative estimate of drug-likeness (QED) is 0.584. The molecule has 0 saturated carbocycles. The molecular weight excluding hydrogens is 334 g/mol. The minimum atomic E-state index is -0.286. The van der Waals surface area contributed by atoms with E-state index in [4.69, 9.17) is 0 Å². The first kappa shape index (κ1) is 15.3. The van der Waals surface area contributed by atoms with Crippen molar-refractivity contribution in [1.82, 2.24) is 14.6 Å². The molecule has 0 spiro atoms. The molecule has 2 N–H and O–H groups in total. The average molecular weight is 349 g/mol. The highest BCUT2D eigenvalue weighted by Crippen LogP contribution is 2.16. The van der Waals surface area contributed by atoms with E-state index in [0.29, 0.717) is 12.1 Å². The van der Waals surface area contributed by atoms with Crippen molar-refractivity contribution in [2.45, 2.75) is 6.42 Å². The number of benzene rings is 1. The van der Waals surface area contributed by atoms with Crippen molar-refractivity contribution in [1.29, 1.82) is 0 Å². The number of rotatable bonds is 4. The van der Waals surface area contributed by atoms with Gasteiger partial charge in [-0.05, 0) is 35.2 Å². The molecule has 0 unspecified atom stereocenters. The summed E-state index contributed by atoms with van der Waals surface area (Å²) in [6, 6.07) is 17.2. The number of amides is 2. The summed E-state index contributed by atoms with van der Waals surface area (Å²) in [6.07, 6.45) is 2.43. The van der Waals surface area contributed by atoms with Crippen LogP contribution in [0.3, 0.4) is 0 Å². The highest BCUT2D eigenvalue weighted by molar-refractivity contribution is 7.14. The zero-order valence-corrected chi connectivity index (χ0v) is 14.0. The van der Waals surface area contributed by atoms with Crippen molar-refractivity contribution in [3.8, 4) is 0 Å². The van der Waals surface area contributed by atoms with Gasteiger partial charge in [-0.25, -0.2) is 14.3 Å². The van der Waals surface area contributed by atoms with Crippen LogP contribution >= 0.6 is 11.3 Å². The molecule has 1 aromatic carbocycles. The lowest BCUT2D eigenvalue weighted by atomic mass is 10.1. The molecule has 124 valence electrons. The Balaban J connectivity index is 1.49. The van der Waals surface area contributed by atoms with Crippen LogP contribution < -0.4 is 10.6 Å². The molecule has 4 aromatic rings. The lowest BCUT2D eigenvalue weighted by molar-refractivity contribution is 0.262. The molecule has 0 saturated heterocycles. The largest absolute Gasteiger partial charge is 0.324 e. The smallest absolute Gasteiger partial charge is 0.306 e. The van der Waals surface area contributed by atoms with E-state index in [-0.39, 0.29) is 6.03 Å². The van der Waals surface area contributed by atoms with Gasteiger partial charge in [-0.15, -0.1) is 11.3 Å². The second kappa shape index (κ2) is 6.74. The molecule has 2 amide bonds. The van der Waals surface area contributed by atoms with Gasteiger partial charge in [-0.3, -0.25) is 5.32 Å². The van der Waals surface area contributed by atoms with Crippen molar-refractivity contribution in [3.05, 3.63) is 77.6 Å². The Hall–Kier alpha value is -3.19. The summed E-state index contributed by atoms with van der Waals surface area (Å²) in [7, 11) is 0. The summed E-state index contributed by atoms with van der Waals surface area (Å²) in [5.74, 6) is 0.742. The Labute approximate surface area is 148 Å². The number of thiophene rings is 1. The minimum absolute atomic E-state index is 0.286. The maximum absolute atomic E-state index is 12.0. The zero-order chi connectivity index (χ0) is 17.1. The third-order valence-electron chi connectivity index (χ3n) is 3.60. The first-order chi connectivity index (χ1) is 12.3. The molecule has 0 aliphatic rings. The van der Waals surface area contributed by atoms with Crippen LogP contribution in [-0.4, -0.2) is 20.6 Å². The first-order valence-corrected chi connectivity index (χ1v) is 8.65. The van der Waals surface area contributed by atoms with E-state index in [0.717, 1.165) is 22.0 Å². The fraction of sp³-hybridized carbons (Fsp3) is 0.0556.